The third kappa shape index (κ3) is 2.17. The Kier molecular flexibility index (Phi) is 3.23. The lowest BCUT2D eigenvalue weighted by Crippen LogP contribution is -2.52. The van der Waals surface area contributed by atoms with Crippen molar-refractivity contribution in [2.75, 3.05) is 12.3 Å². The van der Waals surface area contributed by atoms with Crippen LogP contribution in [-0.4, -0.2) is 34.2 Å². The second-order valence-corrected chi connectivity index (χ2v) is 4.70. The van der Waals surface area contributed by atoms with E-state index in [1.165, 1.54) is 0 Å². The van der Waals surface area contributed by atoms with Gasteiger partial charge in [0, 0.05) is 11.0 Å². The number of hydrogen-bond donors (Lipinski definition) is 2. The molecule has 1 heterocycles. The van der Waals surface area contributed by atoms with E-state index in [9.17, 15) is 4.79 Å². The number of aliphatic carboxylic acids is 1. The molecule has 0 aromatic rings. The summed E-state index contributed by atoms with van der Waals surface area (Å²) in [5, 5.41) is 12.4. The van der Waals surface area contributed by atoms with Crippen molar-refractivity contribution in [3.8, 4) is 12.3 Å². The summed E-state index contributed by atoms with van der Waals surface area (Å²) in [6.45, 7) is 2.35. The molecule has 2 N–H and O–H groups in total. The van der Waals surface area contributed by atoms with Gasteiger partial charge in [-0.05, 0) is 6.42 Å². The van der Waals surface area contributed by atoms with E-state index < -0.39 is 11.5 Å². The molecule has 4 heteroatoms. The predicted molar refractivity (Wildman–Crippen MR) is 53.7 cm³/mol. The maximum Gasteiger partial charge on any atom is 0.324 e. The molecule has 0 bridgehead atoms. The predicted octanol–water partition coefficient (Wildman–Crippen LogP) is 0.558. The number of nitrogens with one attached hydrogen (secondary N) is 1. The second kappa shape index (κ2) is 4.03. The van der Waals surface area contributed by atoms with Crippen molar-refractivity contribution in [1.82, 2.24) is 5.32 Å². The summed E-state index contributed by atoms with van der Waals surface area (Å²) in [6.07, 6.45) is 5.74. The highest BCUT2D eigenvalue weighted by atomic mass is 32.2. The van der Waals surface area contributed by atoms with Gasteiger partial charge in [0.25, 0.3) is 0 Å². The smallest absolute Gasteiger partial charge is 0.324 e. The zero-order valence-electron chi connectivity index (χ0n) is 7.54. The lowest BCUT2D eigenvalue weighted by Gasteiger charge is -2.23. The Hall–Kier alpha value is -0.660. The molecule has 1 rings (SSSR count). The first-order chi connectivity index (χ1) is 6.10. The molecule has 1 fully saturated rings. The molecular formula is C9H13NO2S. The van der Waals surface area contributed by atoms with Gasteiger partial charge in [-0.2, -0.15) is 11.8 Å². The Bertz CT molecular complexity index is 248. The van der Waals surface area contributed by atoms with Crippen LogP contribution < -0.4 is 5.32 Å². The number of terminal acetylenes is 1. The Morgan fingerprint density at radius 3 is 3.00 bits per heavy atom. The fourth-order valence-corrected chi connectivity index (χ4v) is 2.78. The average Bonchev–Trinajstić information content (AvgIpc) is 2.45. The molecule has 0 radical (unpaired) electrons. The summed E-state index contributed by atoms with van der Waals surface area (Å²) in [7, 11) is 0. The highest BCUT2D eigenvalue weighted by Gasteiger charge is 2.44. The molecule has 1 saturated heterocycles. The fraction of sp³-hybridized carbons (Fsp3) is 0.667. The van der Waals surface area contributed by atoms with Crippen LogP contribution in [0.3, 0.4) is 0 Å². The molecule has 0 aliphatic carbocycles. The topological polar surface area (TPSA) is 49.3 Å². The van der Waals surface area contributed by atoms with Gasteiger partial charge in [0.05, 0.1) is 6.54 Å². The van der Waals surface area contributed by atoms with E-state index in [1.54, 1.807) is 11.8 Å². The van der Waals surface area contributed by atoms with Crippen molar-refractivity contribution in [2.24, 2.45) is 0 Å². The largest absolute Gasteiger partial charge is 0.480 e. The van der Waals surface area contributed by atoms with Crippen LogP contribution in [0.4, 0.5) is 0 Å². The Morgan fingerprint density at radius 1 is 1.92 bits per heavy atom. The van der Waals surface area contributed by atoms with Gasteiger partial charge < -0.3 is 5.11 Å². The number of carbonyl (C=O) groups is 1. The van der Waals surface area contributed by atoms with Gasteiger partial charge in [-0.15, -0.1) is 6.42 Å². The molecule has 0 spiro atoms. The normalized spacial score (nSPS) is 32.8. The van der Waals surface area contributed by atoms with Gasteiger partial charge >= 0.3 is 5.97 Å². The monoisotopic (exact) mass is 199 g/mol. The zero-order valence-corrected chi connectivity index (χ0v) is 8.36. The number of thioether (sulfide) groups is 1. The SMILES string of the molecule is C#CCNC1(C(=O)O)CSC(C)C1. The third-order valence-electron chi connectivity index (χ3n) is 2.19. The van der Waals surface area contributed by atoms with Gasteiger partial charge in [-0.25, -0.2) is 0 Å². The van der Waals surface area contributed by atoms with Crippen molar-refractivity contribution in [3.05, 3.63) is 0 Å². The summed E-state index contributed by atoms with van der Waals surface area (Å²) in [5.41, 5.74) is -0.795. The van der Waals surface area contributed by atoms with Gasteiger partial charge in [0.1, 0.15) is 5.54 Å². The third-order valence-corrected chi connectivity index (χ3v) is 3.58. The van der Waals surface area contributed by atoms with Crippen LogP contribution in [-0.2, 0) is 4.79 Å². The molecule has 72 valence electrons. The maximum absolute atomic E-state index is 11.0. The molecule has 0 saturated carbocycles. The zero-order chi connectivity index (χ0) is 9.90. The Balaban J connectivity index is 2.66. The van der Waals surface area contributed by atoms with Crippen LogP contribution >= 0.6 is 11.8 Å². The molecule has 1 aliphatic heterocycles. The summed E-state index contributed by atoms with van der Waals surface area (Å²) in [6, 6.07) is 0. The van der Waals surface area contributed by atoms with Crippen LogP contribution in [0, 0.1) is 12.3 Å². The first-order valence-electron chi connectivity index (χ1n) is 4.14. The molecular weight excluding hydrogens is 186 g/mol. The molecule has 0 aromatic carbocycles. The van der Waals surface area contributed by atoms with Crippen molar-refractivity contribution in [3.63, 3.8) is 0 Å². The Morgan fingerprint density at radius 2 is 2.62 bits per heavy atom. The molecule has 3 nitrogen and oxygen atoms in total. The standard InChI is InChI=1S/C9H13NO2S/c1-3-4-10-9(8(11)12)5-7(2)13-6-9/h1,7,10H,4-6H2,2H3,(H,11,12). The average molecular weight is 199 g/mol. The second-order valence-electron chi connectivity index (χ2n) is 3.27. The van der Waals surface area contributed by atoms with Crippen LogP contribution in [0.25, 0.3) is 0 Å². The quantitative estimate of drug-likeness (QED) is 0.652. The first kappa shape index (κ1) is 10.4. The fourth-order valence-electron chi connectivity index (χ4n) is 1.46. The van der Waals surface area contributed by atoms with Crippen molar-refractivity contribution in [1.29, 1.82) is 0 Å². The van der Waals surface area contributed by atoms with E-state index in [2.05, 4.69) is 11.2 Å². The first-order valence-corrected chi connectivity index (χ1v) is 5.19. The number of hydrogen-bond acceptors (Lipinski definition) is 3. The van der Waals surface area contributed by atoms with Crippen molar-refractivity contribution >= 4 is 17.7 Å². The molecule has 1 aliphatic rings. The van der Waals surface area contributed by atoms with E-state index >= 15 is 0 Å². The molecule has 0 aromatic heterocycles. The highest BCUT2D eigenvalue weighted by Crippen LogP contribution is 2.34. The van der Waals surface area contributed by atoms with Crippen LogP contribution in [0.2, 0.25) is 0 Å². The molecule has 2 atom stereocenters. The van der Waals surface area contributed by atoms with E-state index in [4.69, 9.17) is 11.5 Å². The van der Waals surface area contributed by atoms with Gasteiger partial charge in [-0.3, -0.25) is 10.1 Å². The lowest BCUT2D eigenvalue weighted by atomic mass is 9.96. The highest BCUT2D eigenvalue weighted by molar-refractivity contribution is 8.00. The van der Waals surface area contributed by atoms with E-state index in [0.29, 0.717) is 24.0 Å². The van der Waals surface area contributed by atoms with Gasteiger partial charge in [0.2, 0.25) is 0 Å². The van der Waals surface area contributed by atoms with E-state index in [-0.39, 0.29) is 0 Å². The summed E-state index contributed by atoms with van der Waals surface area (Å²) < 4.78 is 0. The minimum atomic E-state index is -0.795. The minimum Gasteiger partial charge on any atom is -0.480 e. The number of carboxylic acid groups (broad SMARTS) is 1. The van der Waals surface area contributed by atoms with Crippen molar-refractivity contribution < 1.29 is 9.90 Å². The molecule has 0 amide bonds. The van der Waals surface area contributed by atoms with Crippen LogP contribution in [0.1, 0.15) is 13.3 Å². The van der Waals surface area contributed by atoms with E-state index in [1.807, 2.05) is 6.92 Å². The number of carboxylic acids is 1. The lowest BCUT2D eigenvalue weighted by molar-refractivity contribution is -0.143. The summed E-state index contributed by atoms with van der Waals surface area (Å²) in [4.78, 5) is 11.0. The summed E-state index contributed by atoms with van der Waals surface area (Å²) in [5.74, 6) is 2.22. The minimum absolute atomic E-state index is 0.319. The van der Waals surface area contributed by atoms with Crippen molar-refractivity contribution in [2.45, 2.75) is 24.1 Å². The Labute approximate surface area is 82.3 Å². The van der Waals surface area contributed by atoms with Crippen LogP contribution in [0.15, 0.2) is 0 Å². The van der Waals surface area contributed by atoms with Gasteiger partial charge in [0.15, 0.2) is 0 Å². The van der Waals surface area contributed by atoms with E-state index in [0.717, 1.165) is 0 Å². The maximum atomic E-state index is 11.0. The van der Waals surface area contributed by atoms with Gasteiger partial charge in [-0.1, -0.05) is 12.8 Å². The molecule has 13 heavy (non-hydrogen) atoms. The van der Waals surface area contributed by atoms with Crippen LogP contribution in [0.5, 0.6) is 0 Å². The summed E-state index contributed by atoms with van der Waals surface area (Å²) >= 11 is 1.67. The molecule has 2 unspecified atom stereocenters. The number of rotatable bonds is 3.